The average molecular weight is 582 g/mol. The predicted molar refractivity (Wildman–Crippen MR) is 79.1 cm³/mol. The molecule has 1 aliphatic rings. The molecule has 2 radical (unpaired) electrons. The monoisotopic (exact) mass is 582 g/mol. The van der Waals surface area contributed by atoms with Crippen molar-refractivity contribution >= 4 is 81.5 Å². The number of carbonyl (C=O) groups excluding carboxylic acids is 3. The number of rotatable bonds is 0. The molecule has 17 heavy (non-hydrogen) atoms. The molecule has 0 atom stereocenters. The molecule has 0 aromatic rings. The average Bonchev–Trinajstić information content (AvgIpc) is 2.66. The molecular formula is C9H17Cl3O3SnW. The normalized spacial score (nSPS) is 6.71. The van der Waals surface area contributed by atoms with Gasteiger partial charge in [0.25, 0.3) is 0 Å². The second-order valence-corrected chi connectivity index (χ2v) is 1.29. The van der Waals surface area contributed by atoms with E-state index in [1.165, 1.54) is 0 Å². The van der Waals surface area contributed by atoms with Crippen LogP contribution in [0.15, 0.2) is 36.5 Å². The fraction of sp³-hybridized carbons (Fsp3) is 0. The maximum atomic E-state index is 8.00. The van der Waals surface area contributed by atoms with Crippen LogP contribution < -0.4 is 0 Å². The third-order valence-electron chi connectivity index (χ3n) is 0.732. The molecule has 0 aromatic carbocycles. The summed E-state index contributed by atoms with van der Waals surface area (Å²) in [5, 5.41) is 0. The summed E-state index contributed by atoms with van der Waals surface area (Å²) in [5.41, 5.74) is 1.09. The van der Waals surface area contributed by atoms with E-state index in [4.69, 9.17) is 14.4 Å². The number of carbonyl (C=O) groups is 3. The van der Waals surface area contributed by atoms with Gasteiger partial charge in [0.15, 0.2) is 0 Å². The summed E-state index contributed by atoms with van der Waals surface area (Å²) >= 11 is 0. The standard InChI is InChI=1S/C6H6.3CH2O.3ClH.Sn.W.2H/c1-6-4-2-3-5-6;3*1-2;;;;;;;/h2-5H,1H2;3*1H2;3*1H;;;;. The van der Waals surface area contributed by atoms with Gasteiger partial charge in [0.2, 0.25) is 0 Å². The Hall–Kier alpha value is 0.587. The first-order chi connectivity index (χ1) is 5.89. The fourth-order valence-electron chi connectivity index (χ4n) is 0.414. The van der Waals surface area contributed by atoms with Crippen molar-refractivity contribution in [2.75, 3.05) is 0 Å². The van der Waals surface area contributed by atoms with Crippen LogP contribution in [0.25, 0.3) is 0 Å². The Morgan fingerprint density at radius 1 is 0.706 bits per heavy atom. The minimum atomic E-state index is 0. The van der Waals surface area contributed by atoms with E-state index in [0.29, 0.717) is 0 Å². The Morgan fingerprint density at radius 3 is 0.941 bits per heavy atom. The minimum absolute atomic E-state index is 0. The molecule has 0 bridgehead atoms. The first kappa shape index (κ1) is 52.6. The van der Waals surface area contributed by atoms with Crippen molar-refractivity contribution in [2.24, 2.45) is 0 Å². The van der Waals surface area contributed by atoms with E-state index in [2.05, 4.69) is 6.58 Å². The van der Waals surface area contributed by atoms with Crippen LogP contribution in [0.2, 0.25) is 0 Å². The smallest absolute Gasteiger partial charge is 0 e. The summed E-state index contributed by atoms with van der Waals surface area (Å²) in [6, 6.07) is 0. The molecule has 1 aliphatic carbocycles. The van der Waals surface area contributed by atoms with Gasteiger partial charge in [0, 0.05) is 21.1 Å². The quantitative estimate of drug-likeness (QED) is 0.407. The zero-order chi connectivity index (χ0) is 10.4. The van der Waals surface area contributed by atoms with E-state index in [1.807, 2.05) is 44.7 Å². The van der Waals surface area contributed by atoms with Gasteiger partial charge < -0.3 is 14.4 Å². The Bertz CT molecular complexity index is 162. The van der Waals surface area contributed by atoms with E-state index in [1.54, 1.807) is 0 Å². The third-order valence-corrected chi connectivity index (χ3v) is 0.732. The molecule has 8 heteroatoms. The van der Waals surface area contributed by atoms with E-state index < -0.39 is 0 Å². The molecule has 3 nitrogen and oxygen atoms in total. The van der Waals surface area contributed by atoms with Gasteiger partial charge in [-0.25, -0.2) is 0 Å². The van der Waals surface area contributed by atoms with Gasteiger partial charge in [0.05, 0.1) is 0 Å². The van der Waals surface area contributed by atoms with Crippen molar-refractivity contribution in [1.82, 2.24) is 0 Å². The molecule has 0 spiro atoms. The van der Waals surface area contributed by atoms with E-state index in [-0.39, 0.29) is 82.2 Å². The van der Waals surface area contributed by atoms with Crippen molar-refractivity contribution in [3.05, 3.63) is 36.5 Å². The Kier molecular flexibility index (Phi) is 217. The molecule has 0 aliphatic heterocycles. The molecule has 0 aromatic heterocycles. The number of halogens is 3. The first-order valence-corrected chi connectivity index (χ1v) is 2.80. The summed E-state index contributed by atoms with van der Waals surface area (Å²) < 4.78 is 0. The van der Waals surface area contributed by atoms with Gasteiger partial charge in [-0.2, -0.15) is 0 Å². The molecule has 0 saturated heterocycles. The summed E-state index contributed by atoms with van der Waals surface area (Å²) in [5.74, 6) is 0. The topological polar surface area (TPSA) is 51.2 Å². The third kappa shape index (κ3) is 61.3. The van der Waals surface area contributed by atoms with Crippen LogP contribution in [0.4, 0.5) is 0 Å². The van der Waals surface area contributed by atoms with Gasteiger partial charge in [-0.05, 0) is 5.57 Å². The van der Waals surface area contributed by atoms with E-state index in [0.717, 1.165) is 5.57 Å². The number of hydrogen-bond donors (Lipinski definition) is 0. The predicted octanol–water partition coefficient (Wildman–Crippen LogP) is 1.46. The fourth-order valence-corrected chi connectivity index (χ4v) is 0.414. The maximum absolute atomic E-state index is 8.00. The Balaban J connectivity index is -0.0000000112. The summed E-state index contributed by atoms with van der Waals surface area (Å²) in [7, 11) is 0. The molecule has 0 unspecified atom stereocenters. The van der Waals surface area contributed by atoms with Gasteiger partial charge in [-0.1, -0.05) is 30.9 Å². The second kappa shape index (κ2) is 70.0. The van der Waals surface area contributed by atoms with Crippen LogP contribution in [-0.4, -0.2) is 44.3 Å². The Morgan fingerprint density at radius 2 is 0.882 bits per heavy atom. The van der Waals surface area contributed by atoms with Crippen molar-refractivity contribution < 1.29 is 35.4 Å². The molecular weight excluding hydrogens is 565 g/mol. The number of hydrogen-bond acceptors (Lipinski definition) is 3. The van der Waals surface area contributed by atoms with Crippen LogP contribution in [0.3, 0.4) is 0 Å². The van der Waals surface area contributed by atoms with Crippen LogP contribution in [-0.2, 0) is 35.4 Å². The Labute approximate surface area is 152 Å². The summed E-state index contributed by atoms with van der Waals surface area (Å²) in [6.45, 7) is 9.68. The minimum Gasteiger partial charge on any atom is 0 e. The molecule has 0 amide bonds. The zero-order valence-electron chi connectivity index (χ0n) is 9.20. The van der Waals surface area contributed by atoms with Crippen molar-refractivity contribution in [1.29, 1.82) is 0 Å². The first-order valence-electron chi connectivity index (χ1n) is 2.80. The van der Waals surface area contributed by atoms with Gasteiger partial charge in [-0.3, -0.25) is 0 Å². The van der Waals surface area contributed by atoms with Crippen LogP contribution in [0, 0.1) is 0 Å². The molecule has 0 saturated carbocycles. The van der Waals surface area contributed by atoms with Gasteiger partial charge in [-0.15, -0.1) is 37.2 Å². The largest absolute Gasteiger partial charge is 0 e. The van der Waals surface area contributed by atoms with E-state index >= 15 is 0 Å². The molecule has 1 rings (SSSR count). The van der Waals surface area contributed by atoms with Crippen LogP contribution >= 0.6 is 37.2 Å². The molecule has 0 N–H and O–H groups in total. The number of allylic oxidation sites excluding steroid dienone is 5. The van der Waals surface area contributed by atoms with Crippen molar-refractivity contribution in [3.8, 4) is 0 Å². The van der Waals surface area contributed by atoms with Gasteiger partial charge >= 0.3 is 23.9 Å². The van der Waals surface area contributed by atoms with Crippen molar-refractivity contribution in [3.63, 3.8) is 0 Å². The summed E-state index contributed by atoms with van der Waals surface area (Å²) in [4.78, 5) is 24.0. The summed E-state index contributed by atoms with van der Waals surface area (Å²) in [6.07, 6.45) is 7.89. The molecule has 0 fully saturated rings. The van der Waals surface area contributed by atoms with Crippen LogP contribution in [0.1, 0.15) is 0 Å². The van der Waals surface area contributed by atoms with E-state index in [9.17, 15) is 0 Å². The zero-order valence-corrected chi connectivity index (χ0v) is 18.6. The van der Waals surface area contributed by atoms with Crippen molar-refractivity contribution in [2.45, 2.75) is 0 Å². The maximum Gasteiger partial charge on any atom is 0 e. The van der Waals surface area contributed by atoms with Gasteiger partial charge in [0.1, 0.15) is 20.4 Å². The molecule has 0 heterocycles. The molecule has 102 valence electrons. The SMILES string of the molecule is C=C1C=CC=C1.C=O.C=O.C=O.Cl.Cl.Cl.[SnH2].[W]. The van der Waals surface area contributed by atoms with Crippen LogP contribution in [0.5, 0.6) is 0 Å². The second-order valence-electron chi connectivity index (χ2n) is 1.29.